The van der Waals surface area contributed by atoms with Gasteiger partial charge in [-0.2, -0.15) is 0 Å². The van der Waals surface area contributed by atoms with Gasteiger partial charge in [-0.1, -0.05) is 41.9 Å². The zero-order valence-electron chi connectivity index (χ0n) is 15.6. The third-order valence-corrected chi connectivity index (χ3v) is 4.23. The molecule has 0 bridgehead atoms. The van der Waals surface area contributed by atoms with Crippen LogP contribution in [-0.4, -0.2) is 52.8 Å². The summed E-state index contributed by atoms with van der Waals surface area (Å²) in [5.41, 5.74) is 3.22. The molecule has 0 spiro atoms. The fourth-order valence-corrected chi connectivity index (χ4v) is 3.13. The van der Waals surface area contributed by atoms with Gasteiger partial charge in [0.2, 0.25) is 0 Å². The third kappa shape index (κ3) is 4.12. The number of hydrogen-bond donors (Lipinski definition) is 0. The van der Waals surface area contributed by atoms with Crippen LogP contribution in [0.3, 0.4) is 0 Å². The molecule has 3 rings (SSSR count). The van der Waals surface area contributed by atoms with Crippen molar-refractivity contribution in [3.05, 3.63) is 65.2 Å². The maximum atomic E-state index is 6.32. The lowest BCUT2D eigenvalue weighted by Gasteiger charge is -2.18. The molecule has 0 radical (unpaired) electrons. The summed E-state index contributed by atoms with van der Waals surface area (Å²) in [4.78, 5) is 4.19. The molecule has 0 unspecified atom stereocenters. The van der Waals surface area contributed by atoms with E-state index >= 15 is 0 Å². The van der Waals surface area contributed by atoms with E-state index in [2.05, 4.69) is 36.7 Å². The second-order valence-corrected chi connectivity index (χ2v) is 7.31. The minimum absolute atomic E-state index is 0.706. The molecule has 0 fully saturated rings. The van der Waals surface area contributed by atoms with Gasteiger partial charge in [-0.25, -0.2) is 0 Å². The zero-order valence-corrected chi connectivity index (χ0v) is 16.4. The van der Waals surface area contributed by atoms with E-state index < -0.39 is 0 Å². The molecule has 0 atom stereocenters. The molecule has 0 saturated heterocycles. The van der Waals surface area contributed by atoms with Crippen LogP contribution in [0.5, 0.6) is 0 Å². The fraction of sp³-hybridized carbons (Fsp3) is 0.300. The SMILES string of the molecule is CN(C)Cc1nnc(CN(C)C)n1-c1ccc(Cl)cc1-c1ccccc1. The Bertz CT molecular complexity index is 844. The average molecular weight is 370 g/mol. The first kappa shape index (κ1) is 18.6. The number of rotatable bonds is 6. The van der Waals surface area contributed by atoms with Crippen LogP contribution in [0.15, 0.2) is 48.5 Å². The zero-order chi connectivity index (χ0) is 18.7. The van der Waals surface area contributed by atoms with Crippen molar-refractivity contribution in [3.63, 3.8) is 0 Å². The molecule has 6 heteroatoms. The highest BCUT2D eigenvalue weighted by Crippen LogP contribution is 2.31. The van der Waals surface area contributed by atoms with Gasteiger partial charge in [0.25, 0.3) is 0 Å². The molecule has 3 aromatic rings. The van der Waals surface area contributed by atoms with Crippen LogP contribution >= 0.6 is 11.6 Å². The van der Waals surface area contributed by atoms with E-state index in [1.807, 2.05) is 64.6 Å². The molecule has 5 nitrogen and oxygen atoms in total. The van der Waals surface area contributed by atoms with Crippen molar-refractivity contribution in [3.8, 4) is 16.8 Å². The van der Waals surface area contributed by atoms with Crippen molar-refractivity contribution in [2.45, 2.75) is 13.1 Å². The molecule has 0 aliphatic rings. The largest absolute Gasteiger partial charge is 0.302 e. The molecule has 1 heterocycles. The minimum Gasteiger partial charge on any atom is -0.302 e. The maximum absolute atomic E-state index is 6.32. The Morgan fingerprint density at radius 1 is 0.846 bits per heavy atom. The van der Waals surface area contributed by atoms with E-state index in [0.717, 1.165) is 28.5 Å². The van der Waals surface area contributed by atoms with Crippen LogP contribution in [0, 0.1) is 0 Å². The van der Waals surface area contributed by atoms with E-state index in [1.165, 1.54) is 0 Å². The first-order valence-corrected chi connectivity index (χ1v) is 8.91. The molecule has 2 aromatic carbocycles. The quantitative estimate of drug-likeness (QED) is 0.663. The summed E-state index contributed by atoms with van der Waals surface area (Å²) in [5, 5.41) is 9.62. The van der Waals surface area contributed by atoms with Gasteiger partial charge >= 0.3 is 0 Å². The molecule has 0 aliphatic carbocycles. The summed E-state index contributed by atoms with van der Waals surface area (Å²) in [5.74, 6) is 1.82. The van der Waals surface area contributed by atoms with Gasteiger partial charge < -0.3 is 9.80 Å². The minimum atomic E-state index is 0.706. The Labute approximate surface area is 159 Å². The third-order valence-electron chi connectivity index (χ3n) is 4.00. The standard InChI is InChI=1S/C20H24ClN5/c1-24(2)13-19-22-23-20(14-25(3)4)26(19)18-11-10-16(21)12-17(18)15-8-6-5-7-9-15/h5-12H,13-14H2,1-4H3. The summed E-state index contributed by atoms with van der Waals surface area (Å²) in [6, 6.07) is 16.2. The van der Waals surface area contributed by atoms with Crippen molar-refractivity contribution >= 4 is 11.6 Å². The van der Waals surface area contributed by atoms with Gasteiger partial charge in [0.1, 0.15) is 0 Å². The predicted octanol–water partition coefficient (Wildman–Crippen LogP) is 3.71. The second-order valence-electron chi connectivity index (χ2n) is 6.87. The van der Waals surface area contributed by atoms with Crippen LogP contribution < -0.4 is 0 Å². The van der Waals surface area contributed by atoms with E-state index in [-0.39, 0.29) is 0 Å². The fourth-order valence-electron chi connectivity index (χ4n) is 2.95. The highest BCUT2D eigenvalue weighted by molar-refractivity contribution is 6.31. The Morgan fingerprint density at radius 2 is 1.42 bits per heavy atom. The summed E-state index contributed by atoms with van der Waals surface area (Å²) < 4.78 is 2.15. The monoisotopic (exact) mass is 369 g/mol. The topological polar surface area (TPSA) is 37.2 Å². The summed E-state index contributed by atoms with van der Waals surface area (Å²) in [6.07, 6.45) is 0. The van der Waals surface area contributed by atoms with E-state index in [9.17, 15) is 0 Å². The van der Waals surface area contributed by atoms with Crippen molar-refractivity contribution in [2.75, 3.05) is 28.2 Å². The molecule has 0 saturated carbocycles. The van der Waals surface area contributed by atoms with Crippen LogP contribution in [0.4, 0.5) is 0 Å². The molecule has 0 aliphatic heterocycles. The highest BCUT2D eigenvalue weighted by Gasteiger charge is 2.18. The Balaban J connectivity index is 2.21. The van der Waals surface area contributed by atoms with Gasteiger partial charge in [0.15, 0.2) is 11.6 Å². The normalized spacial score (nSPS) is 11.5. The van der Waals surface area contributed by atoms with Crippen LogP contribution in [0.25, 0.3) is 16.8 Å². The molecule has 1 aromatic heterocycles. The summed E-state index contributed by atoms with van der Waals surface area (Å²) in [6.45, 7) is 1.41. The van der Waals surface area contributed by atoms with Crippen LogP contribution in [0.1, 0.15) is 11.6 Å². The predicted molar refractivity (Wildman–Crippen MR) is 107 cm³/mol. The number of benzene rings is 2. The molecule has 26 heavy (non-hydrogen) atoms. The molecular formula is C20H24ClN5. The van der Waals surface area contributed by atoms with E-state index in [0.29, 0.717) is 18.1 Å². The lowest BCUT2D eigenvalue weighted by Crippen LogP contribution is -2.19. The van der Waals surface area contributed by atoms with Gasteiger partial charge in [-0.05, 0) is 52.0 Å². The number of nitrogens with zero attached hydrogens (tertiary/aromatic N) is 5. The number of halogens is 1. The first-order chi connectivity index (χ1) is 12.5. The van der Waals surface area contributed by atoms with E-state index in [1.54, 1.807) is 0 Å². The Morgan fingerprint density at radius 3 is 1.96 bits per heavy atom. The Hall–Kier alpha value is -2.21. The lowest BCUT2D eigenvalue weighted by molar-refractivity contribution is 0.377. The number of hydrogen-bond acceptors (Lipinski definition) is 4. The van der Waals surface area contributed by atoms with E-state index in [4.69, 9.17) is 11.6 Å². The number of aromatic nitrogens is 3. The van der Waals surface area contributed by atoms with Crippen LogP contribution in [0.2, 0.25) is 5.02 Å². The van der Waals surface area contributed by atoms with Gasteiger partial charge in [0.05, 0.1) is 18.8 Å². The van der Waals surface area contributed by atoms with Crippen LogP contribution in [-0.2, 0) is 13.1 Å². The highest BCUT2D eigenvalue weighted by atomic mass is 35.5. The van der Waals surface area contributed by atoms with Gasteiger partial charge in [0, 0.05) is 10.6 Å². The van der Waals surface area contributed by atoms with Gasteiger partial charge in [-0.15, -0.1) is 10.2 Å². The van der Waals surface area contributed by atoms with Gasteiger partial charge in [-0.3, -0.25) is 4.57 Å². The maximum Gasteiger partial charge on any atom is 0.151 e. The molecule has 0 amide bonds. The smallest absolute Gasteiger partial charge is 0.151 e. The lowest BCUT2D eigenvalue weighted by atomic mass is 10.0. The van der Waals surface area contributed by atoms with Crippen molar-refractivity contribution in [1.82, 2.24) is 24.6 Å². The van der Waals surface area contributed by atoms with Crippen molar-refractivity contribution < 1.29 is 0 Å². The van der Waals surface area contributed by atoms with Crippen molar-refractivity contribution in [1.29, 1.82) is 0 Å². The molecular weight excluding hydrogens is 346 g/mol. The average Bonchev–Trinajstić information content (AvgIpc) is 2.96. The Kier molecular flexibility index (Phi) is 5.71. The molecule has 136 valence electrons. The first-order valence-electron chi connectivity index (χ1n) is 8.53. The summed E-state index contributed by atoms with van der Waals surface area (Å²) in [7, 11) is 8.13. The summed E-state index contributed by atoms with van der Waals surface area (Å²) >= 11 is 6.32. The molecule has 0 N–H and O–H groups in total. The van der Waals surface area contributed by atoms with Crippen molar-refractivity contribution in [2.24, 2.45) is 0 Å². The second kappa shape index (κ2) is 7.99.